The summed E-state index contributed by atoms with van der Waals surface area (Å²) in [6, 6.07) is 3.23. The zero-order valence-electron chi connectivity index (χ0n) is 13.5. The van der Waals surface area contributed by atoms with Gasteiger partial charge in [-0.15, -0.1) is 0 Å². The van der Waals surface area contributed by atoms with Crippen molar-refractivity contribution in [2.24, 2.45) is 5.92 Å². The van der Waals surface area contributed by atoms with E-state index in [0.717, 1.165) is 25.0 Å². The predicted octanol–water partition coefficient (Wildman–Crippen LogP) is 2.34. The smallest absolute Gasteiger partial charge is 0.263 e. The van der Waals surface area contributed by atoms with Gasteiger partial charge in [0, 0.05) is 25.1 Å². The highest BCUT2D eigenvalue weighted by molar-refractivity contribution is 5.81. The van der Waals surface area contributed by atoms with Crippen molar-refractivity contribution < 1.29 is 27.8 Å². The summed E-state index contributed by atoms with van der Waals surface area (Å²) in [7, 11) is 0. The second-order valence-corrected chi connectivity index (χ2v) is 6.13. The first kappa shape index (κ1) is 17.1. The molecule has 0 aliphatic carbocycles. The molecule has 2 aliphatic rings. The molecule has 0 spiro atoms. The minimum atomic E-state index is -0.999. The third-order valence-corrected chi connectivity index (χ3v) is 4.35. The first-order valence-corrected chi connectivity index (χ1v) is 8.18. The lowest BCUT2D eigenvalue weighted by atomic mass is 9.97. The fourth-order valence-electron chi connectivity index (χ4n) is 3.14. The van der Waals surface area contributed by atoms with Gasteiger partial charge in [0.2, 0.25) is 0 Å². The minimum Gasteiger partial charge on any atom is -0.481 e. The lowest BCUT2D eigenvalue weighted by molar-refractivity contribution is -0.145. The van der Waals surface area contributed by atoms with Crippen LogP contribution in [0.25, 0.3) is 0 Å². The van der Waals surface area contributed by atoms with Crippen LogP contribution in [0.1, 0.15) is 19.8 Å². The van der Waals surface area contributed by atoms with E-state index in [1.807, 2.05) is 0 Å². The normalized spacial score (nSPS) is 23.3. The highest BCUT2D eigenvalue weighted by atomic mass is 19.2. The molecule has 3 rings (SSSR count). The van der Waals surface area contributed by atoms with E-state index in [0.29, 0.717) is 26.3 Å². The van der Waals surface area contributed by atoms with E-state index in [-0.39, 0.29) is 23.9 Å². The standard InChI is InChI=1S/C17H21F2NO4/c1-11(24-13-4-5-14(18)15(19)9-13)16(21)20-6-2-3-12(10-20)17-22-7-8-23-17/h4-5,9,11-12,17H,2-3,6-8,10H2,1H3. The number of benzene rings is 1. The average Bonchev–Trinajstić information content (AvgIpc) is 3.12. The third kappa shape index (κ3) is 3.84. The zero-order valence-corrected chi connectivity index (χ0v) is 13.5. The number of halogens is 2. The second-order valence-electron chi connectivity index (χ2n) is 6.13. The van der Waals surface area contributed by atoms with Crippen molar-refractivity contribution in [1.82, 2.24) is 4.90 Å². The quantitative estimate of drug-likeness (QED) is 0.843. The Labute approximate surface area is 139 Å². The van der Waals surface area contributed by atoms with E-state index in [2.05, 4.69) is 0 Å². The highest BCUT2D eigenvalue weighted by Gasteiger charge is 2.34. The van der Waals surface area contributed by atoms with Crippen LogP contribution in [0.3, 0.4) is 0 Å². The Morgan fingerprint density at radius 3 is 2.75 bits per heavy atom. The molecule has 1 aromatic rings. The van der Waals surface area contributed by atoms with Gasteiger partial charge in [0.25, 0.3) is 5.91 Å². The summed E-state index contributed by atoms with van der Waals surface area (Å²) in [6.45, 7) is 3.98. The van der Waals surface area contributed by atoms with Gasteiger partial charge in [-0.05, 0) is 31.9 Å². The monoisotopic (exact) mass is 341 g/mol. The van der Waals surface area contributed by atoms with Crippen LogP contribution >= 0.6 is 0 Å². The molecule has 7 heteroatoms. The van der Waals surface area contributed by atoms with Crippen molar-refractivity contribution in [3.05, 3.63) is 29.8 Å². The van der Waals surface area contributed by atoms with Crippen LogP contribution in [0.2, 0.25) is 0 Å². The summed E-state index contributed by atoms with van der Waals surface area (Å²) in [6.07, 6.45) is 0.798. The molecule has 0 bridgehead atoms. The Hall–Kier alpha value is -1.73. The van der Waals surface area contributed by atoms with Crippen molar-refractivity contribution >= 4 is 5.91 Å². The third-order valence-electron chi connectivity index (χ3n) is 4.35. The van der Waals surface area contributed by atoms with Gasteiger partial charge >= 0.3 is 0 Å². The van der Waals surface area contributed by atoms with Gasteiger partial charge in [-0.2, -0.15) is 0 Å². The van der Waals surface area contributed by atoms with E-state index in [4.69, 9.17) is 14.2 Å². The lowest BCUT2D eigenvalue weighted by Gasteiger charge is -2.35. The molecule has 2 aliphatic heterocycles. The molecule has 2 unspecified atom stereocenters. The molecule has 132 valence electrons. The molecule has 2 saturated heterocycles. The molecule has 0 aromatic heterocycles. The lowest BCUT2D eigenvalue weighted by Crippen LogP contribution is -2.48. The predicted molar refractivity (Wildman–Crippen MR) is 81.4 cm³/mol. The number of carbonyl (C=O) groups is 1. The van der Waals surface area contributed by atoms with Crippen LogP contribution in [-0.2, 0) is 14.3 Å². The van der Waals surface area contributed by atoms with Crippen molar-refractivity contribution in [2.75, 3.05) is 26.3 Å². The molecule has 2 heterocycles. The van der Waals surface area contributed by atoms with Gasteiger partial charge in [0.1, 0.15) is 5.75 Å². The fraction of sp³-hybridized carbons (Fsp3) is 0.588. The summed E-state index contributed by atoms with van der Waals surface area (Å²) < 4.78 is 42.7. The van der Waals surface area contributed by atoms with Crippen molar-refractivity contribution in [3.63, 3.8) is 0 Å². The molecule has 0 N–H and O–H groups in total. The topological polar surface area (TPSA) is 48.0 Å². The summed E-state index contributed by atoms with van der Waals surface area (Å²) >= 11 is 0. The van der Waals surface area contributed by atoms with Gasteiger partial charge < -0.3 is 19.1 Å². The Balaban J connectivity index is 1.58. The number of likely N-dealkylation sites (tertiary alicyclic amines) is 1. The zero-order chi connectivity index (χ0) is 17.1. The number of ether oxygens (including phenoxy) is 3. The molecule has 1 amide bonds. The van der Waals surface area contributed by atoms with E-state index >= 15 is 0 Å². The van der Waals surface area contributed by atoms with Gasteiger partial charge in [-0.1, -0.05) is 0 Å². The number of hydrogen-bond acceptors (Lipinski definition) is 4. The molecular formula is C17H21F2NO4. The van der Waals surface area contributed by atoms with Crippen molar-refractivity contribution in [1.29, 1.82) is 0 Å². The Morgan fingerprint density at radius 1 is 1.29 bits per heavy atom. The Kier molecular flexibility index (Phi) is 5.30. The number of rotatable bonds is 4. The van der Waals surface area contributed by atoms with Gasteiger partial charge in [0.15, 0.2) is 24.0 Å². The number of nitrogens with zero attached hydrogens (tertiary/aromatic N) is 1. The van der Waals surface area contributed by atoms with Crippen LogP contribution in [0, 0.1) is 17.6 Å². The van der Waals surface area contributed by atoms with Crippen LogP contribution in [0.15, 0.2) is 18.2 Å². The molecule has 0 saturated carbocycles. The molecule has 1 aromatic carbocycles. The number of amides is 1. The number of carbonyl (C=O) groups excluding carboxylic acids is 1. The molecule has 2 atom stereocenters. The minimum absolute atomic E-state index is 0.130. The first-order chi connectivity index (χ1) is 11.5. The van der Waals surface area contributed by atoms with Crippen LogP contribution in [0.5, 0.6) is 5.75 Å². The van der Waals surface area contributed by atoms with E-state index in [9.17, 15) is 13.6 Å². The summed E-state index contributed by atoms with van der Waals surface area (Å²) in [5.74, 6) is -1.84. The maximum atomic E-state index is 13.2. The summed E-state index contributed by atoms with van der Waals surface area (Å²) in [4.78, 5) is 14.3. The van der Waals surface area contributed by atoms with Crippen LogP contribution in [0.4, 0.5) is 8.78 Å². The first-order valence-electron chi connectivity index (χ1n) is 8.18. The number of hydrogen-bond donors (Lipinski definition) is 0. The van der Waals surface area contributed by atoms with E-state index < -0.39 is 17.7 Å². The average molecular weight is 341 g/mol. The molecule has 2 fully saturated rings. The van der Waals surface area contributed by atoms with Crippen LogP contribution < -0.4 is 4.74 Å². The van der Waals surface area contributed by atoms with Gasteiger partial charge in [-0.3, -0.25) is 4.79 Å². The summed E-state index contributed by atoms with van der Waals surface area (Å²) in [5.41, 5.74) is 0. The molecule has 24 heavy (non-hydrogen) atoms. The molecular weight excluding hydrogens is 320 g/mol. The second kappa shape index (κ2) is 7.44. The van der Waals surface area contributed by atoms with E-state index in [1.54, 1.807) is 11.8 Å². The van der Waals surface area contributed by atoms with Crippen molar-refractivity contribution in [3.8, 4) is 5.75 Å². The highest BCUT2D eigenvalue weighted by Crippen LogP contribution is 2.26. The largest absolute Gasteiger partial charge is 0.481 e. The molecule has 5 nitrogen and oxygen atoms in total. The van der Waals surface area contributed by atoms with Crippen LogP contribution in [-0.4, -0.2) is 49.5 Å². The van der Waals surface area contributed by atoms with Gasteiger partial charge in [-0.25, -0.2) is 8.78 Å². The van der Waals surface area contributed by atoms with Crippen molar-refractivity contribution in [2.45, 2.75) is 32.2 Å². The van der Waals surface area contributed by atoms with E-state index in [1.165, 1.54) is 6.07 Å². The summed E-state index contributed by atoms with van der Waals surface area (Å²) in [5, 5.41) is 0. The Morgan fingerprint density at radius 2 is 2.04 bits per heavy atom. The maximum Gasteiger partial charge on any atom is 0.263 e. The molecule has 0 radical (unpaired) electrons. The fourth-order valence-corrected chi connectivity index (χ4v) is 3.14. The maximum absolute atomic E-state index is 13.2. The Bertz CT molecular complexity index is 592. The number of piperidine rings is 1. The SMILES string of the molecule is CC(Oc1ccc(F)c(F)c1)C(=O)N1CCCC(C2OCCO2)C1. The van der Waals surface area contributed by atoms with Gasteiger partial charge in [0.05, 0.1) is 13.2 Å².